The van der Waals surface area contributed by atoms with Crippen molar-refractivity contribution in [2.24, 2.45) is 5.92 Å². The molecule has 0 aromatic heterocycles. The van der Waals surface area contributed by atoms with Crippen LogP contribution in [-0.4, -0.2) is 36.9 Å². The van der Waals surface area contributed by atoms with Crippen LogP contribution < -0.4 is 10.1 Å². The highest BCUT2D eigenvalue weighted by atomic mass is 16.5. The molecule has 26 heavy (non-hydrogen) atoms. The van der Waals surface area contributed by atoms with Crippen LogP contribution in [0.2, 0.25) is 0 Å². The lowest BCUT2D eigenvalue weighted by Crippen LogP contribution is -2.32. The minimum absolute atomic E-state index is 0.0240. The molecule has 1 fully saturated rings. The Labute approximate surface area is 154 Å². The lowest BCUT2D eigenvalue weighted by atomic mass is 10.1. The molecular formula is C21H24N2O3. The van der Waals surface area contributed by atoms with E-state index < -0.39 is 0 Å². The summed E-state index contributed by atoms with van der Waals surface area (Å²) in [5, 5.41) is 2.96. The molecule has 1 heterocycles. The van der Waals surface area contributed by atoms with Gasteiger partial charge in [-0.05, 0) is 23.3 Å². The number of nitrogens with zero attached hydrogens (tertiary/aromatic N) is 1. The van der Waals surface area contributed by atoms with Crippen LogP contribution in [0.25, 0.3) is 0 Å². The molecule has 1 unspecified atom stereocenters. The van der Waals surface area contributed by atoms with Crippen molar-refractivity contribution in [2.45, 2.75) is 19.4 Å². The first-order valence-electron chi connectivity index (χ1n) is 8.85. The van der Waals surface area contributed by atoms with Crippen molar-refractivity contribution in [2.75, 3.05) is 20.2 Å². The predicted octanol–water partition coefficient (Wildman–Crippen LogP) is 2.40. The number of hydrogen-bond donors (Lipinski definition) is 1. The molecule has 0 bridgehead atoms. The normalized spacial score (nSPS) is 16.6. The van der Waals surface area contributed by atoms with E-state index in [-0.39, 0.29) is 17.7 Å². The number of amides is 2. The number of ether oxygens (including phenoxy) is 1. The van der Waals surface area contributed by atoms with E-state index in [9.17, 15) is 9.59 Å². The average molecular weight is 352 g/mol. The summed E-state index contributed by atoms with van der Waals surface area (Å²) >= 11 is 0. The smallest absolute Gasteiger partial charge is 0.224 e. The van der Waals surface area contributed by atoms with E-state index >= 15 is 0 Å². The SMILES string of the molecule is COc1ccc(CC(=O)NCC2CC(=O)N(Cc3ccccc3)C2)cc1. The van der Waals surface area contributed by atoms with Crippen LogP contribution in [0, 0.1) is 5.92 Å². The summed E-state index contributed by atoms with van der Waals surface area (Å²) in [5.41, 5.74) is 2.07. The van der Waals surface area contributed by atoms with Crippen LogP contribution in [0.5, 0.6) is 5.75 Å². The highest BCUT2D eigenvalue weighted by Crippen LogP contribution is 2.19. The fourth-order valence-electron chi connectivity index (χ4n) is 3.20. The Bertz CT molecular complexity index is 744. The molecule has 3 rings (SSSR count). The second kappa shape index (κ2) is 8.52. The predicted molar refractivity (Wildman–Crippen MR) is 99.7 cm³/mol. The number of benzene rings is 2. The standard InChI is InChI=1S/C21H24N2O3/c1-26-19-9-7-16(8-10-19)11-20(24)22-13-18-12-21(25)23(15-18)14-17-5-3-2-4-6-17/h2-10,18H,11-15H2,1H3,(H,22,24). The van der Waals surface area contributed by atoms with E-state index in [0.29, 0.717) is 32.5 Å². The third kappa shape index (κ3) is 4.85. The van der Waals surface area contributed by atoms with Gasteiger partial charge in [0.1, 0.15) is 5.75 Å². The summed E-state index contributed by atoms with van der Waals surface area (Å²) in [6.45, 7) is 1.86. The fraction of sp³-hybridized carbons (Fsp3) is 0.333. The number of likely N-dealkylation sites (tertiary alicyclic amines) is 1. The number of carbonyl (C=O) groups is 2. The Morgan fingerprint density at radius 1 is 1.12 bits per heavy atom. The van der Waals surface area contributed by atoms with Crippen molar-refractivity contribution in [3.05, 3.63) is 65.7 Å². The zero-order valence-electron chi connectivity index (χ0n) is 15.0. The summed E-state index contributed by atoms with van der Waals surface area (Å²) in [4.78, 5) is 26.2. The van der Waals surface area contributed by atoms with Gasteiger partial charge < -0.3 is 15.0 Å². The molecule has 2 aromatic carbocycles. The molecule has 1 aliphatic rings. The summed E-state index contributed by atoms with van der Waals surface area (Å²) in [6.07, 6.45) is 0.827. The molecule has 2 aromatic rings. The van der Waals surface area contributed by atoms with E-state index in [1.54, 1.807) is 7.11 Å². The first kappa shape index (κ1) is 18.0. The molecule has 0 spiro atoms. The molecule has 2 amide bonds. The van der Waals surface area contributed by atoms with Gasteiger partial charge in [-0.1, -0.05) is 42.5 Å². The topological polar surface area (TPSA) is 58.6 Å². The van der Waals surface area contributed by atoms with E-state index in [1.807, 2.05) is 59.5 Å². The van der Waals surface area contributed by atoms with Crippen LogP contribution in [0.1, 0.15) is 17.5 Å². The first-order valence-corrected chi connectivity index (χ1v) is 8.85. The lowest BCUT2D eigenvalue weighted by Gasteiger charge is -2.17. The Morgan fingerprint density at radius 3 is 2.54 bits per heavy atom. The molecular weight excluding hydrogens is 328 g/mol. The molecule has 1 saturated heterocycles. The van der Waals surface area contributed by atoms with Gasteiger partial charge in [0, 0.05) is 32.0 Å². The second-order valence-corrected chi connectivity index (χ2v) is 6.66. The van der Waals surface area contributed by atoms with Crippen LogP contribution >= 0.6 is 0 Å². The van der Waals surface area contributed by atoms with Crippen molar-refractivity contribution >= 4 is 11.8 Å². The summed E-state index contributed by atoms with van der Waals surface area (Å²) in [6, 6.07) is 17.4. The maximum atomic E-state index is 12.2. The largest absolute Gasteiger partial charge is 0.497 e. The fourth-order valence-corrected chi connectivity index (χ4v) is 3.20. The Kier molecular flexibility index (Phi) is 5.89. The van der Waals surface area contributed by atoms with E-state index in [1.165, 1.54) is 0 Å². The zero-order chi connectivity index (χ0) is 18.4. The number of carbonyl (C=O) groups excluding carboxylic acids is 2. The van der Waals surface area contributed by atoms with Gasteiger partial charge >= 0.3 is 0 Å². The Morgan fingerprint density at radius 2 is 1.85 bits per heavy atom. The highest BCUT2D eigenvalue weighted by molar-refractivity contribution is 5.80. The molecule has 1 N–H and O–H groups in total. The van der Waals surface area contributed by atoms with E-state index in [4.69, 9.17) is 4.74 Å². The number of nitrogens with one attached hydrogen (secondary N) is 1. The van der Waals surface area contributed by atoms with Crippen molar-refractivity contribution in [3.8, 4) is 5.75 Å². The molecule has 0 aliphatic carbocycles. The van der Waals surface area contributed by atoms with Crippen LogP contribution in [0.3, 0.4) is 0 Å². The van der Waals surface area contributed by atoms with Gasteiger partial charge in [0.2, 0.25) is 11.8 Å². The van der Waals surface area contributed by atoms with Crippen molar-refractivity contribution in [1.29, 1.82) is 0 Å². The van der Waals surface area contributed by atoms with Gasteiger partial charge in [-0.15, -0.1) is 0 Å². The minimum atomic E-state index is -0.0240. The molecule has 5 heteroatoms. The van der Waals surface area contributed by atoms with Crippen LogP contribution in [0.15, 0.2) is 54.6 Å². The maximum absolute atomic E-state index is 12.2. The zero-order valence-corrected chi connectivity index (χ0v) is 15.0. The van der Waals surface area contributed by atoms with E-state index in [2.05, 4.69) is 5.32 Å². The van der Waals surface area contributed by atoms with Gasteiger partial charge in [-0.2, -0.15) is 0 Å². The van der Waals surface area contributed by atoms with Gasteiger partial charge in [0.15, 0.2) is 0 Å². The number of hydrogen-bond acceptors (Lipinski definition) is 3. The minimum Gasteiger partial charge on any atom is -0.497 e. The van der Waals surface area contributed by atoms with Gasteiger partial charge in [0.05, 0.1) is 13.5 Å². The summed E-state index contributed by atoms with van der Waals surface area (Å²) in [5.74, 6) is 1.08. The van der Waals surface area contributed by atoms with Gasteiger partial charge in [-0.3, -0.25) is 9.59 Å². The lowest BCUT2D eigenvalue weighted by molar-refractivity contribution is -0.128. The van der Waals surface area contributed by atoms with E-state index in [0.717, 1.165) is 16.9 Å². The molecule has 0 radical (unpaired) electrons. The second-order valence-electron chi connectivity index (χ2n) is 6.66. The summed E-state index contributed by atoms with van der Waals surface area (Å²) in [7, 11) is 1.62. The summed E-state index contributed by atoms with van der Waals surface area (Å²) < 4.78 is 5.11. The third-order valence-corrected chi connectivity index (χ3v) is 4.62. The Hall–Kier alpha value is -2.82. The van der Waals surface area contributed by atoms with Gasteiger partial charge in [0.25, 0.3) is 0 Å². The quantitative estimate of drug-likeness (QED) is 0.832. The molecule has 5 nitrogen and oxygen atoms in total. The number of rotatable bonds is 7. The first-order chi connectivity index (χ1) is 12.6. The third-order valence-electron chi connectivity index (χ3n) is 4.62. The van der Waals surface area contributed by atoms with Crippen LogP contribution in [-0.2, 0) is 22.6 Å². The monoisotopic (exact) mass is 352 g/mol. The van der Waals surface area contributed by atoms with Crippen molar-refractivity contribution in [3.63, 3.8) is 0 Å². The molecule has 1 atom stereocenters. The molecule has 1 aliphatic heterocycles. The van der Waals surface area contributed by atoms with Crippen molar-refractivity contribution in [1.82, 2.24) is 10.2 Å². The van der Waals surface area contributed by atoms with Crippen LogP contribution in [0.4, 0.5) is 0 Å². The maximum Gasteiger partial charge on any atom is 0.224 e. The Balaban J connectivity index is 1.44. The molecule has 136 valence electrons. The number of methoxy groups -OCH3 is 1. The van der Waals surface area contributed by atoms with Crippen molar-refractivity contribution < 1.29 is 14.3 Å². The highest BCUT2D eigenvalue weighted by Gasteiger charge is 2.29. The molecule has 0 saturated carbocycles. The average Bonchev–Trinajstić information content (AvgIpc) is 3.01. The van der Waals surface area contributed by atoms with Gasteiger partial charge in [-0.25, -0.2) is 0 Å².